The van der Waals surface area contributed by atoms with Crippen molar-refractivity contribution in [2.24, 2.45) is 17.3 Å². The first-order valence-electron chi connectivity index (χ1n) is 14.5. The van der Waals surface area contributed by atoms with Gasteiger partial charge in [-0.15, -0.1) is 0 Å². The molecule has 1 unspecified atom stereocenters. The lowest BCUT2D eigenvalue weighted by molar-refractivity contribution is 0.177. The van der Waals surface area contributed by atoms with Crippen LogP contribution in [-0.4, -0.2) is 34.8 Å². The smallest absolute Gasteiger partial charge is 0.264 e. The fraction of sp³-hybridized carbons (Fsp3) is 0.424. The van der Waals surface area contributed by atoms with Crippen LogP contribution >= 0.6 is 0 Å². The van der Waals surface area contributed by atoms with Crippen molar-refractivity contribution in [2.45, 2.75) is 72.2 Å². The highest BCUT2D eigenvalue weighted by molar-refractivity contribution is 7.92. The summed E-state index contributed by atoms with van der Waals surface area (Å²) in [5.41, 5.74) is 5.54. The number of ether oxygens (including phenoxy) is 1. The van der Waals surface area contributed by atoms with Crippen molar-refractivity contribution >= 4 is 16.0 Å². The average molecular weight is 588 g/mol. The van der Waals surface area contributed by atoms with Crippen LogP contribution in [0.4, 0.5) is 5.95 Å². The molecule has 0 amide bonds. The number of aromatic nitrogens is 4. The van der Waals surface area contributed by atoms with Gasteiger partial charge in [0.1, 0.15) is 0 Å². The molecule has 8 nitrogen and oxygen atoms in total. The highest BCUT2D eigenvalue weighted by Crippen LogP contribution is 2.40. The molecule has 4 bridgehead atoms. The van der Waals surface area contributed by atoms with Crippen molar-refractivity contribution in [2.75, 3.05) is 11.3 Å². The molecule has 0 saturated carbocycles. The molecule has 3 heterocycles. The predicted octanol–water partition coefficient (Wildman–Crippen LogP) is 6.99. The predicted molar refractivity (Wildman–Crippen MR) is 166 cm³/mol. The maximum absolute atomic E-state index is 13.7. The molecule has 5 rings (SSSR count). The molecular formula is C33H41N5O3S. The van der Waals surface area contributed by atoms with Crippen molar-refractivity contribution in [3.63, 3.8) is 0 Å². The third-order valence-electron chi connectivity index (χ3n) is 7.55. The SMILES string of the molecule is Cc1cccc(C)c1-c1cc2nc(n1)NS(=O)(=O)c1cccc(c1)C(c1cnn(CC(C)C)c1)[C@H](CC(C)(C)C)CO2. The summed E-state index contributed by atoms with van der Waals surface area (Å²) >= 11 is 0. The van der Waals surface area contributed by atoms with Crippen LogP contribution in [0.25, 0.3) is 11.3 Å². The molecule has 1 N–H and O–H groups in total. The number of aryl methyl sites for hydroxylation is 2. The lowest BCUT2D eigenvalue weighted by Crippen LogP contribution is -2.27. The second-order valence-corrected chi connectivity index (χ2v) is 14.7. The van der Waals surface area contributed by atoms with Gasteiger partial charge in [-0.2, -0.15) is 10.1 Å². The molecule has 2 aromatic carbocycles. The van der Waals surface area contributed by atoms with Crippen LogP contribution in [0, 0.1) is 31.1 Å². The van der Waals surface area contributed by atoms with Gasteiger partial charge >= 0.3 is 0 Å². The Bertz CT molecular complexity index is 1670. The van der Waals surface area contributed by atoms with Gasteiger partial charge in [-0.25, -0.2) is 18.1 Å². The quantitative estimate of drug-likeness (QED) is 0.270. The number of anilines is 1. The summed E-state index contributed by atoms with van der Waals surface area (Å²) in [6.07, 6.45) is 4.84. The summed E-state index contributed by atoms with van der Waals surface area (Å²) < 4.78 is 38.5. The molecule has 1 aliphatic heterocycles. The van der Waals surface area contributed by atoms with Crippen molar-refractivity contribution in [1.29, 1.82) is 0 Å². The van der Waals surface area contributed by atoms with Crippen molar-refractivity contribution in [3.05, 3.63) is 83.2 Å². The molecule has 0 radical (unpaired) electrons. The largest absolute Gasteiger partial charge is 0.477 e. The molecule has 0 spiro atoms. The fourth-order valence-electron chi connectivity index (χ4n) is 5.95. The van der Waals surface area contributed by atoms with Crippen LogP contribution in [0.15, 0.2) is 65.8 Å². The summed E-state index contributed by atoms with van der Waals surface area (Å²) in [6, 6.07) is 15.0. The Morgan fingerprint density at radius 2 is 1.74 bits per heavy atom. The maximum Gasteiger partial charge on any atom is 0.264 e. The number of nitrogens with zero attached hydrogens (tertiary/aromatic N) is 4. The van der Waals surface area contributed by atoms with E-state index in [1.807, 2.05) is 55.1 Å². The normalized spacial score (nSPS) is 18.5. The summed E-state index contributed by atoms with van der Waals surface area (Å²) in [5, 5.41) is 4.67. The van der Waals surface area contributed by atoms with Gasteiger partial charge in [0.05, 0.1) is 23.4 Å². The third kappa shape index (κ3) is 6.67. The number of hydrogen-bond acceptors (Lipinski definition) is 6. The van der Waals surface area contributed by atoms with Gasteiger partial charge in [0.15, 0.2) is 0 Å². The molecule has 2 aromatic heterocycles. The highest BCUT2D eigenvalue weighted by Gasteiger charge is 2.32. The summed E-state index contributed by atoms with van der Waals surface area (Å²) in [7, 11) is -3.99. The summed E-state index contributed by atoms with van der Waals surface area (Å²) in [4.78, 5) is 9.31. The number of rotatable bonds is 5. The molecule has 0 aliphatic carbocycles. The fourth-order valence-corrected chi connectivity index (χ4v) is 6.95. The summed E-state index contributed by atoms with van der Waals surface area (Å²) in [6.45, 7) is 16.2. The van der Waals surface area contributed by atoms with Crippen LogP contribution in [0.1, 0.15) is 69.2 Å². The maximum atomic E-state index is 13.7. The van der Waals surface area contributed by atoms with E-state index in [0.717, 1.165) is 40.8 Å². The second kappa shape index (κ2) is 11.5. The Morgan fingerprint density at radius 1 is 1.02 bits per heavy atom. The Morgan fingerprint density at radius 3 is 2.43 bits per heavy atom. The van der Waals surface area contributed by atoms with E-state index in [4.69, 9.17) is 4.74 Å². The molecule has 1 aliphatic rings. The minimum Gasteiger partial charge on any atom is -0.477 e. The lowest BCUT2D eigenvalue weighted by atomic mass is 9.74. The van der Waals surface area contributed by atoms with E-state index in [2.05, 4.69) is 60.6 Å². The van der Waals surface area contributed by atoms with E-state index in [1.165, 1.54) is 0 Å². The number of fused-ring (bicyclic) bond motifs is 4. The van der Waals surface area contributed by atoms with Gasteiger partial charge in [-0.3, -0.25) is 4.68 Å². The minimum absolute atomic E-state index is 0.00843. The highest BCUT2D eigenvalue weighted by atomic mass is 32.2. The van der Waals surface area contributed by atoms with Gasteiger partial charge in [-0.1, -0.05) is 65.0 Å². The van der Waals surface area contributed by atoms with Crippen LogP contribution < -0.4 is 9.46 Å². The van der Waals surface area contributed by atoms with E-state index in [0.29, 0.717) is 24.1 Å². The molecule has 0 saturated heterocycles. The van der Waals surface area contributed by atoms with Crippen molar-refractivity contribution in [3.8, 4) is 17.1 Å². The number of benzene rings is 2. The zero-order valence-electron chi connectivity index (χ0n) is 25.5. The Hall–Kier alpha value is -3.72. The second-order valence-electron chi connectivity index (χ2n) is 13.1. The van der Waals surface area contributed by atoms with Gasteiger partial charge in [0, 0.05) is 36.2 Å². The van der Waals surface area contributed by atoms with Gasteiger partial charge in [0.2, 0.25) is 11.8 Å². The molecule has 42 heavy (non-hydrogen) atoms. The van der Waals surface area contributed by atoms with Crippen LogP contribution in [-0.2, 0) is 16.6 Å². The number of sulfonamides is 1. The van der Waals surface area contributed by atoms with Crippen LogP contribution in [0.2, 0.25) is 0 Å². The first-order chi connectivity index (χ1) is 19.8. The van der Waals surface area contributed by atoms with Gasteiger partial charge in [-0.05, 0) is 66.0 Å². The molecular weight excluding hydrogens is 546 g/mol. The summed E-state index contributed by atoms with van der Waals surface area (Å²) in [5.74, 6) is 0.626. The number of nitrogens with one attached hydrogen (secondary N) is 1. The topological polar surface area (TPSA) is 99.0 Å². The lowest BCUT2D eigenvalue weighted by Gasteiger charge is -2.32. The molecule has 9 heteroatoms. The monoisotopic (exact) mass is 587 g/mol. The zero-order valence-corrected chi connectivity index (χ0v) is 26.4. The first kappa shape index (κ1) is 29.8. The van der Waals surface area contributed by atoms with Crippen molar-refractivity contribution in [1.82, 2.24) is 19.7 Å². The first-order valence-corrected chi connectivity index (χ1v) is 16.0. The van der Waals surface area contributed by atoms with Crippen LogP contribution in [0.5, 0.6) is 5.88 Å². The molecule has 222 valence electrons. The van der Waals surface area contributed by atoms with Gasteiger partial charge in [0.25, 0.3) is 10.0 Å². The third-order valence-corrected chi connectivity index (χ3v) is 8.87. The molecule has 4 aromatic rings. The average Bonchev–Trinajstić information content (AvgIpc) is 3.33. The van der Waals surface area contributed by atoms with E-state index in [9.17, 15) is 8.42 Å². The number of hydrogen-bond donors (Lipinski definition) is 1. The Balaban J connectivity index is 1.68. The van der Waals surface area contributed by atoms with Crippen LogP contribution in [0.3, 0.4) is 0 Å². The molecule has 2 atom stereocenters. The van der Waals surface area contributed by atoms with Gasteiger partial charge < -0.3 is 4.74 Å². The zero-order chi connectivity index (χ0) is 30.2. The van der Waals surface area contributed by atoms with E-state index in [-0.39, 0.29) is 28.1 Å². The van der Waals surface area contributed by atoms with E-state index < -0.39 is 10.0 Å². The molecule has 0 fully saturated rings. The van der Waals surface area contributed by atoms with Crippen molar-refractivity contribution < 1.29 is 13.2 Å². The Labute approximate surface area is 249 Å². The van der Waals surface area contributed by atoms with E-state index in [1.54, 1.807) is 18.2 Å². The Kier molecular flexibility index (Phi) is 8.16. The van der Waals surface area contributed by atoms with E-state index >= 15 is 0 Å². The minimum atomic E-state index is -3.99. The standard InChI is InChI=1S/C33H41N5O3S/c1-21(2)18-38-19-26(17-34-38)31-24-12-9-13-27(14-24)42(39,40)37-32-35-28(30-22(3)10-8-11-23(30)4)15-29(36-32)41-20-25(31)16-33(5,6)7/h8-15,17,19,21,25,31H,16,18,20H2,1-7H3,(H,35,36,37)/t25-,31?/m1/s1.